The van der Waals surface area contributed by atoms with Crippen LogP contribution in [0.5, 0.6) is 0 Å². The van der Waals surface area contributed by atoms with Crippen molar-refractivity contribution in [3.05, 3.63) is 0 Å². The van der Waals surface area contributed by atoms with Crippen LogP contribution in [0.15, 0.2) is 0 Å². The van der Waals surface area contributed by atoms with Crippen LogP contribution in [0.25, 0.3) is 0 Å². The first-order chi connectivity index (χ1) is 16.7. The van der Waals surface area contributed by atoms with Crippen molar-refractivity contribution in [1.29, 1.82) is 0 Å². The van der Waals surface area contributed by atoms with Crippen molar-refractivity contribution in [3.63, 3.8) is 0 Å². The molecule has 0 amide bonds. The number of hydrogen-bond donors (Lipinski definition) is 0. The molecule has 0 saturated heterocycles. The summed E-state index contributed by atoms with van der Waals surface area (Å²) in [5.74, 6) is -2.69. The van der Waals surface area contributed by atoms with Crippen LogP contribution in [0.1, 0.15) is 159 Å². The minimum atomic E-state index is -0.902. The van der Waals surface area contributed by atoms with E-state index in [1.165, 1.54) is 0 Å². The zero-order valence-corrected chi connectivity index (χ0v) is 27.2. The Morgan fingerprint density at radius 3 is 0.973 bits per heavy atom. The van der Waals surface area contributed by atoms with Gasteiger partial charge in [-0.25, -0.2) is 0 Å². The Labute approximate surface area is 258 Å². The van der Waals surface area contributed by atoms with Crippen LogP contribution in [0.3, 0.4) is 0 Å². The second kappa shape index (κ2) is 24.7. The smallest absolute Gasteiger partial charge is 0.550 e. The number of carbonyl (C=O) groups is 3. The summed E-state index contributed by atoms with van der Waals surface area (Å²) in [5, 5.41) is 32.3. The topological polar surface area (TPSA) is 120 Å². The van der Waals surface area contributed by atoms with Gasteiger partial charge in [-0.3, -0.25) is 0 Å². The summed E-state index contributed by atoms with van der Waals surface area (Å²) in [6, 6.07) is 0. The first-order valence-electron chi connectivity index (χ1n) is 14.3. The summed E-state index contributed by atoms with van der Waals surface area (Å²) in [4.78, 5) is 32.3. The number of aliphatic carboxylic acids is 3. The summed E-state index contributed by atoms with van der Waals surface area (Å²) in [6.07, 6.45) is 13.7. The molecule has 3 atom stereocenters. The molecule has 0 spiro atoms. The second-order valence-electron chi connectivity index (χ2n) is 11.0. The van der Waals surface area contributed by atoms with Gasteiger partial charge in [0.15, 0.2) is 0 Å². The molecule has 225 valence electrons. The first-order valence-corrected chi connectivity index (χ1v) is 14.3. The molecule has 0 aliphatic carbocycles. The SMILES string of the molecule is CCCCC(C)(CCC)C(=O)[O-].CCCCCC(C)(CC)C(=O)[O-].CCCCCC(C)(CC)C(=O)[O-].[Er+3]. The number of carboxylic acids is 3. The Hall–Kier alpha value is -0.343. The molecule has 37 heavy (non-hydrogen) atoms. The Morgan fingerprint density at radius 1 is 0.459 bits per heavy atom. The third-order valence-corrected chi connectivity index (χ3v) is 7.59. The van der Waals surface area contributed by atoms with Gasteiger partial charge in [0.25, 0.3) is 0 Å². The molecule has 0 aliphatic heterocycles. The normalized spacial score (nSPS) is 15.2. The standard InChI is InChI=1S/3C10H20O2.Er/c2*1-4-6-7-8-10(3,5-2)9(11)12;1-4-6-8-10(3,7-5-2)9(11)12;/h3*4-8H2,1-3H3,(H,11,12);/q;;;+3/p-3. The van der Waals surface area contributed by atoms with E-state index in [4.69, 9.17) is 0 Å². The van der Waals surface area contributed by atoms with E-state index in [0.717, 1.165) is 83.5 Å². The summed E-state index contributed by atoms with van der Waals surface area (Å²) in [5.41, 5.74) is -1.80. The van der Waals surface area contributed by atoms with Crippen molar-refractivity contribution in [2.75, 3.05) is 0 Å². The van der Waals surface area contributed by atoms with Crippen LogP contribution in [-0.4, -0.2) is 17.9 Å². The van der Waals surface area contributed by atoms with Gasteiger partial charge in [0, 0.05) is 34.2 Å². The molecule has 3 unspecified atom stereocenters. The van der Waals surface area contributed by atoms with Crippen molar-refractivity contribution in [1.82, 2.24) is 0 Å². The van der Waals surface area contributed by atoms with Gasteiger partial charge >= 0.3 is 37.3 Å². The number of carbonyl (C=O) groups excluding carboxylic acids is 3. The van der Waals surface area contributed by atoms with Gasteiger partial charge in [0.05, 0.1) is 0 Å². The zero-order chi connectivity index (χ0) is 28.8. The summed E-state index contributed by atoms with van der Waals surface area (Å²) < 4.78 is 0. The number of unbranched alkanes of at least 4 members (excludes halogenated alkanes) is 5. The molecule has 0 saturated carbocycles. The van der Waals surface area contributed by atoms with Gasteiger partial charge < -0.3 is 29.7 Å². The minimum Gasteiger partial charge on any atom is -0.550 e. The van der Waals surface area contributed by atoms with Crippen LogP contribution in [-0.2, 0) is 14.4 Å². The van der Waals surface area contributed by atoms with E-state index in [1.807, 2.05) is 20.8 Å². The molecular weight excluding hydrogens is 624 g/mol. The molecule has 0 heterocycles. The molecular formula is C30H57ErO6. The molecule has 0 aromatic rings. The number of rotatable bonds is 18. The van der Waals surface area contributed by atoms with E-state index in [0.29, 0.717) is 12.8 Å². The summed E-state index contributed by atoms with van der Waals surface area (Å²) in [6.45, 7) is 17.5. The van der Waals surface area contributed by atoms with E-state index in [2.05, 4.69) is 20.8 Å². The molecule has 0 fully saturated rings. The van der Waals surface area contributed by atoms with Gasteiger partial charge in [-0.15, -0.1) is 0 Å². The van der Waals surface area contributed by atoms with Gasteiger partial charge in [-0.1, -0.05) is 120 Å². The van der Waals surface area contributed by atoms with Crippen LogP contribution in [0.4, 0.5) is 0 Å². The predicted molar refractivity (Wildman–Crippen MR) is 143 cm³/mol. The first kappa shape index (κ1) is 43.7. The third-order valence-electron chi connectivity index (χ3n) is 7.59. The Kier molecular flexibility index (Phi) is 29.1. The average Bonchev–Trinajstić information content (AvgIpc) is 2.83. The van der Waals surface area contributed by atoms with E-state index >= 15 is 0 Å². The maximum Gasteiger partial charge on any atom is 3.00 e. The van der Waals surface area contributed by atoms with E-state index in [-0.39, 0.29) is 37.3 Å². The quantitative estimate of drug-likeness (QED) is 0.184. The van der Waals surface area contributed by atoms with E-state index in [9.17, 15) is 29.7 Å². The second-order valence-corrected chi connectivity index (χ2v) is 11.0. The van der Waals surface area contributed by atoms with Crippen LogP contribution in [0, 0.1) is 53.6 Å². The molecule has 1 radical (unpaired) electrons. The maximum absolute atomic E-state index is 10.8. The van der Waals surface area contributed by atoms with Gasteiger partial charge in [-0.2, -0.15) is 0 Å². The third kappa shape index (κ3) is 20.3. The van der Waals surface area contributed by atoms with Gasteiger partial charge in [-0.05, 0) is 38.5 Å². The van der Waals surface area contributed by atoms with Gasteiger partial charge in [0.2, 0.25) is 0 Å². The molecule has 0 aliphatic rings. The van der Waals surface area contributed by atoms with E-state index < -0.39 is 34.2 Å². The molecule has 7 heteroatoms. The Balaban J connectivity index is -0.000000218. The molecule has 0 bridgehead atoms. The van der Waals surface area contributed by atoms with Crippen LogP contribution < -0.4 is 15.3 Å². The van der Waals surface area contributed by atoms with Gasteiger partial charge in [0.1, 0.15) is 0 Å². The average molecular weight is 681 g/mol. The number of hydrogen-bond acceptors (Lipinski definition) is 6. The van der Waals surface area contributed by atoms with E-state index in [1.54, 1.807) is 20.8 Å². The molecule has 0 aromatic carbocycles. The minimum absolute atomic E-state index is 0. The van der Waals surface area contributed by atoms with Crippen molar-refractivity contribution in [3.8, 4) is 0 Å². The van der Waals surface area contributed by atoms with Crippen molar-refractivity contribution < 1.29 is 67.0 Å². The fourth-order valence-electron chi connectivity index (χ4n) is 3.82. The summed E-state index contributed by atoms with van der Waals surface area (Å²) >= 11 is 0. The predicted octanol–water partition coefficient (Wildman–Crippen LogP) is 5.20. The number of carboxylic acid groups (broad SMARTS) is 3. The van der Waals surface area contributed by atoms with Crippen molar-refractivity contribution >= 4 is 17.9 Å². The zero-order valence-electron chi connectivity index (χ0n) is 25.3. The van der Waals surface area contributed by atoms with Crippen molar-refractivity contribution in [2.24, 2.45) is 16.2 Å². The Morgan fingerprint density at radius 2 is 0.757 bits per heavy atom. The van der Waals surface area contributed by atoms with Crippen LogP contribution >= 0.6 is 0 Å². The summed E-state index contributed by atoms with van der Waals surface area (Å²) in [7, 11) is 0. The molecule has 0 N–H and O–H groups in total. The fraction of sp³-hybridized carbons (Fsp3) is 0.900. The fourth-order valence-corrected chi connectivity index (χ4v) is 3.82. The molecule has 0 rings (SSSR count). The monoisotopic (exact) mass is 679 g/mol. The largest absolute Gasteiger partial charge is 3.00 e. The van der Waals surface area contributed by atoms with Crippen LogP contribution in [0.2, 0.25) is 0 Å². The maximum atomic E-state index is 10.8. The van der Waals surface area contributed by atoms with Crippen molar-refractivity contribution in [2.45, 2.75) is 159 Å². The molecule has 0 aromatic heterocycles. The molecule has 6 nitrogen and oxygen atoms in total. The Bertz CT molecular complexity index is 563.